The lowest BCUT2D eigenvalue weighted by Crippen LogP contribution is -2.38. The average Bonchev–Trinajstić information content (AvgIpc) is 2.77. The van der Waals surface area contributed by atoms with Crippen molar-refractivity contribution in [1.29, 1.82) is 0 Å². The van der Waals surface area contributed by atoms with Crippen LogP contribution in [0, 0.1) is 0 Å². The molecule has 1 saturated carbocycles. The van der Waals surface area contributed by atoms with Gasteiger partial charge in [-0.3, -0.25) is 0 Å². The van der Waals surface area contributed by atoms with Gasteiger partial charge in [-0.25, -0.2) is 0 Å². The van der Waals surface area contributed by atoms with Crippen LogP contribution in [0.25, 0.3) is 0 Å². The van der Waals surface area contributed by atoms with Gasteiger partial charge in [0.2, 0.25) is 0 Å². The number of aliphatic hydroxyl groups is 1. The Hall–Kier alpha value is -0.120. The fourth-order valence-electron chi connectivity index (χ4n) is 1.35. The van der Waals surface area contributed by atoms with Crippen LogP contribution in [0.3, 0.4) is 0 Å². The maximum atomic E-state index is 9.43. The molecule has 0 unspecified atom stereocenters. The zero-order valence-electron chi connectivity index (χ0n) is 9.01. The molecule has 0 aliphatic heterocycles. The predicted octanol–water partition coefficient (Wildman–Crippen LogP) is 0.441. The number of nitrogens with one attached hydrogen (secondary N) is 1. The molecule has 1 fully saturated rings. The molecule has 0 atom stereocenters. The standard InChI is InChI=1S/C10H22N2O/c1-10(2,13)8-11-6-7-12(3)9-4-5-9/h9,11,13H,4-8H2,1-3H3. The van der Waals surface area contributed by atoms with E-state index in [4.69, 9.17) is 0 Å². The Labute approximate surface area is 81.1 Å². The van der Waals surface area contributed by atoms with Crippen molar-refractivity contribution < 1.29 is 5.11 Å². The van der Waals surface area contributed by atoms with E-state index < -0.39 is 5.60 Å². The molecule has 1 aliphatic carbocycles. The van der Waals surface area contributed by atoms with Gasteiger partial charge in [-0.05, 0) is 33.7 Å². The molecule has 3 nitrogen and oxygen atoms in total. The molecule has 0 aromatic carbocycles. The van der Waals surface area contributed by atoms with Crippen LogP contribution < -0.4 is 5.32 Å². The maximum absolute atomic E-state index is 9.43. The van der Waals surface area contributed by atoms with Crippen molar-refractivity contribution in [1.82, 2.24) is 10.2 Å². The third kappa shape index (κ3) is 5.24. The van der Waals surface area contributed by atoms with Gasteiger partial charge in [0.05, 0.1) is 5.60 Å². The summed E-state index contributed by atoms with van der Waals surface area (Å²) in [5, 5.41) is 12.7. The zero-order chi connectivity index (χ0) is 9.90. The fourth-order valence-corrected chi connectivity index (χ4v) is 1.35. The van der Waals surface area contributed by atoms with Gasteiger partial charge >= 0.3 is 0 Å². The largest absolute Gasteiger partial charge is 0.389 e. The molecule has 0 spiro atoms. The van der Waals surface area contributed by atoms with Gasteiger partial charge in [0.15, 0.2) is 0 Å². The first-order valence-corrected chi connectivity index (χ1v) is 5.12. The van der Waals surface area contributed by atoms with Crippen molar-refractivity contribution in [3.05, 3.63) is 0 Å². The monoisotopic (exact) mass is 186 g/mol. The lowest BCUT2D eigenvalue weighted by atomic mass is 10.1. The van der Waals surface area contributed by atoms with Crippen molar-refractivity contribution in [2.24, 2.45) is 0 Å². The van der Waals surface area contributed by atoms with E-state index in [2.05, 4.69) is 17.3 Å². The SMILES string of the molecule is CN(CCNCC(C)(C)O)C1CC1. The molecule has 0 amide bonds. The van der Waals surface area contributed by atoms with Crippen LogP contribution in [0.1, 0.15) is 26.7 Å². The number of hydrogen-bond donors (Lipinski definition) is 2. The molecule has 0 aromatic rings. The summed E-state index contributed by atoms with van der Waals surface area (Å²) >= 11 is 0. The number of hydrogen-bond acceptors (Lipinski definition) is 3. The highest BCUT2D eigenvalue weighted by molar-refractivity contribution is 4.82. The lowest BCUT2D eigenvalue weighted by Gasteiger charge is -2.20. The second kappa shape index (κ2) is 4.40. The van der Waals surface area contributed by atoms with Crippen LogP contribution >= 0.6 is 0 Å². The predicted molar refractivity (Wildman–Crippen MR) is 54.8 cm³/mol. The quantitative estimate of drug-likeness (QED) is 0.591. The molecule has 1 rings (SSSR count). The molecule has 0 aromatic heterocycles. The summed E-state index contributed by atoms with van der Waals surface area (Å²) in [6, 6.07) is 0.837. The first kappa shape index (κ1) is 11.0. The van der Waals surface area contributed by atoms with Crippen LogP contribution in [0.5, 0.6) is 0 Å². The third-order valence-corrected chi connectivity index (χ3v) is 2.37. The number of likely N-dealkylation sites (N-methyl/N-ethyl adjacent to an activating group) is 1. The molecule has 0 radical (unpaired) electrons. The zero-order valence-corrected chi connectivity index (χ0v) is 9.01. The minimum Gasteiger partial charge on any atom is -0.389 e. The fraction of sp³-hybridized carbons (Fsp3) is 1.00. The summed E-state index contributed by atoms with van der Waals surface area (Å²) in [6.45, 7) is 6.37. The summed E-state index contributed by atoms with van der Waals surface area (Å²) < 4.78 is 0. The Balaban J connectivity index is 1.94. The van der Waals surface area contributed by atoms with E-state index in [0.717, 1.165) is 19.1 Å². The third-order valence-electron chi connectivity index (χ3n) is 2.37. The Morgan fingerprint density at radius 1 is 1.46 bits per heavy atom. The Bertz CT molecular complexity index is 149. The number of nitrogens with zero attached hydrogens (tertiary/aromatic N) is 1. The summed E-state index contributed by atoms with van der Waals surface area (Å²) in [4.78, 5) is 2.39. The van der Waals surface area contributed by atoms with E-state index in [-0.39, 0.29) is 0 Å². The van der Waals surface area contributed by atoms with E-state index in [1.807, 2.05) is 13.8 Å². The molecule has 2 N–H and O–H groups in total. The first-order chi connectivity index (χ1) is 5.99. The molecule has 78 valence electrons. The summed E-state index contributed by atoms with van der Waals surface area (Å²) in [7, 11) is 2.17. The normalized spacial score (nSPS) is 18.2. The van der Waals surface area contributed by atoms with E-state index in [1.165, 1.54) is 12.8 Å². The van der Waals surface area contributed by atoms with Crippen LogP contribution in [-0.2, 0) is 0 Å². The Kier molecular flexibility index (Phi) is 3.71. The van der Waals surface area contributed by atoms with E-state index in [0.29, 0.717) is 6.54 Å². The van der Waals surface area contributed by atoms with Gasteiger partial charge in [-0.1, -0.05) is 0 Å². The summed E-state index contributed by atoms with van der Waals surface area (Å²) in [6.07, 6.45) is 2.73. The van der Waals surface area contributed by atoms with Crippen molar-refractivity contribution in [3.63, 3.8) is 0 Å². The molecular formula is C10H22N2O. The molecule has 3 heteroatoms. The Morgan fingerprint density at radius 2 is 2.08 bits per heavy atom. The highest BCUT2D eigenvalue weighted by atomic mass is 16.3. The van der Waals surface area contributed by atoms with Crippen molar-refractivity contribution in [2.75, 3.05) is 26.7 Å². The molecule has 13 heavy (non-hydrogen) atoms. The molecular weight excluding hydrogens is 164 g/mol. The minimum atomic E-state index is -0.585. The summed E-state index contributed by atoms with van der Waals surface area (Å²) in [5.74, 6) is 0. The highest BCUT2D eigenvalue weighted by Gasteiger charge is 2.25. The second-order valence-corrected chi connectivity index (χ2v) is 4.70. The smallest absolute Gasteiger partial charge is 0.0715 e. The maximum Gasteiger partial charge on any atom is 0.0715 e. The van der Waals surface area contributed by atoms with Crippen molar-refractivity contribution in [3.8, 4) is 0 Å². The van der Waals surface area contributed by atoms with E-state index >= 15 is 0 Å². The van der Waals surface area contributed by atoms with Crippen LogP contribution in [0.15, 0.2) is 0 Å². The van der Waals surface area contributed by atoms with Crippen LogP contribution in [-0.4, -0.2) is 48.3 Å². The molecule has 1 aliphatic rings. The van der Waals surface area contributed by atoms with E-state index in [9.17, 15) is 5.11 Å². The first-order valence-electron chi connectivity index (χ1n) is 5.12. The van der Waals surface area contributed by atoms with E-state index in [1.54, 1.807) is 0 Å². The second-order valence-electron chi connectivity index (χ2n) is 4.70. The highest BCUT2D eigenvalue weighted by Crippen LogP contribution is 2.24. The van der Waals surface area contributed by atoms with Crippen LogP contribution in [0.4, 0.5) is 0 Å². The average molecular weight is 186 g/mol. The van der Waals surface area contributed by atoms with Gasteiger partial charge in [0.1, 0.15) is 0 Å². The molecule has 0 heterocycles. The van der Waals surface area contributed by atoms with Gasteiger partial charge in [0.25, 0.3) is 0 Å². The molecule has 0 saturated heterocycles. The van der Waals surface area contributed by atoms with Gasteiger partial charge in [0, 0.05) is 25.7 Å². The topological polar surface area (TPSA) is 35.5 Å². The Morgan fingerprint density at radius 3 is 2.54 bits per heavy atom. The van der Waals surface area contributed by atoms with Gasteiger partial charge in [-0.15, -0.1) is 0 Å². The minimum absolute atomic E-state index is 0.585. The lowest BCUT2D eigenvalue weighted by molar-refractivity contribution is 0.0792. The van der Waals surface area contributed by atoms with Crippen molar-refractivity contribution in [2.45, 2.75) is 38.3 Å². The summed E-state index contributed by atoms with van der Waals surface area (Å²) in [5.41, 5.74) is -0.585. The van der Waals surface area contributed by atoms with Crippen molar-refractivity contribution >= 4 is 0 Å². The van der Waals surface area contributed by atoms with Gasteiger partial charge in [-0.2, -0.15) is 0 Å². The number of rotatable bonds is 6. The van der Waals surface area contributed by atoms with Gasteiger partial charge < -0.3 is 15.3 Å². The molecule has 0 bridgehead atoms. The van der Waals surface area contributed by atoms with Crippen LogP contribution in [0.2, 0.25) is 0 Å².